The topological polar surface area (TPSA) is 67.2 Å². The summed E-state index contributed by atoms with van der Waals surface area (Å²) in [5, 5.41) is 3.32. The molecule has 8 heteroatoms. The van der Waals surface area contributed by atoms with Crippen molar-refractivity contribution in [1.82, 2.24) is 14.5 Å². The summed E-state index contributed by atoms with van der Waals surface area (Å²) in [6, 6.07) is 19.2. The average Bonchev–Trinajstić information content (AvgIpc) is 2.80. The summed E-state index contributed by atoms with van der Waals surface area (Å²) in [4.78, 5) is 32.8. The number of carbonyl (C=O) groups excluding carboxylic acids is 1. The molecule has 0 aliphatic rings. The molecule has 1 N–H and O–H groups in total. The van der Waals surface area contributed by atoms with Crippen molar-refractivity contribution in [2.75, 3.05) is 12.4 Å². The predicted octanol–water partition coefficient (Wildman–Crippen LogP) is 5.90. The smallest absolute Gasteiger partial charge is 0.317 e. The van der Waals surface area contributed by atoms with E-state index in [0.717, 1.165) is 4.47 Å². The van der Waals surface area contributed by atoms with Gasteiger partial charge < -0.3 is 10.2 Å². The van der Waals surface area contributed by atoms with E-state index in [9.17, 15) is 14.0 Å². The summed E-state index contributed by atoms with van der Waals surface area (Å²) < 4.78 is 15.9. The van der Waals surface area contributed by atoms with Crippen molar-refractivity contribution < 1.29 is 9.18 Å². The number of hydrogen-bond acceptors (Lipinski definition) is 3. The molecule has 4 rings (SSSR count). The van der Waals surface area contributed by atoms with Crippen LogP contribution in [0.4, 0.5) is 14.9 Å². The number of hydrogen-bond donors (Lipinski definition) is 1. The van der Waals surface area contributed by atoms with Crippen LogP contribution in [0, 0.1) is 5.82 Å². The van der Waals surface area contributed by atoms with Gasteiger partial charge in [0.25, 0.3) is 5.56 Å². The van der Waals surface area contributed by atoms with Gasteiger partial charge in [-0.05, 0) is 61.0 Å². The number of nitrogens with zero attached hydrogens (tertiary/aromatic N) is 3. The Hall–Kier alpha value is -3.52. The molecule has 6 nitrogen and oxygen atoms in total. The van der Waals surface area contributed by atoms with E-state index in [1.807, 2.05) is 25.1 Å². The first-order valence-corrected chi connectivity index (χ1v) is 11.3. The Bertz CT molecular complexity index is 1370. The van der Waals surface area contributed by atoms with Gasteiger partial charge in [0.15, 0.2) is 0 Å². The van der Waals surface area contributed by atoms with Crippen LogP contribution < -0.4 is 10.9 Å². The Morgan fingerprint density at radius 3 is 2.55 bits per heavy atom. The first-order chi connectivity index (χ1) is 15.9. The molecule has 1 aromatic heterocycles. The van der Waals surface area contributed by atoms with E-state index in [-0.39, 0.29) is 11.6 Å². The zero-order chi connectivity index (χ0) is 23.5. The Labute approximate surface area is 198 Å². The molecule has 1 unspecified atom stereocenters. The molecule has 1 heterocycles. The second-order valence-electron chi connectivity index (χ2n) is 7.58. The number of fused-ring (bicyclic) bond motifs is 1. The van der Waals surface area contributed by atoms with Crippen LogP contribution in [-0.2, 0) is 0 Å². The maximum Gasteiger partial charge on any atom is 0.322 e. The van der Waals surface area contributed by atoms with Gasteiger partial charge in [-0.25, -0.2) is 14.2 Å². The van der Waals surface area contributed by atoms with Crippen LogP contribution in [0.25, 0.3) is 16.6 Å². The third kappa shape index (κ3) is 4.66. The molecular formula is C25H22BrFN4O2. The maximum absolute atomic E-state index is 13.6. The van der Waals surface area contributed by atoms with Gasteiger partial charge >= 0.3 is 6.03 Å². The van der Waals surface area contributed by atoms with Crippen LogP contribution in [0.15, 0.2) is 82.1 Å². The van der Waals surface area contributed by atoms with Gasteiger partial charge in [0.05, 0.1) is 22.6 Å². The molecular weight excluding hydrogens is 487 g/mol. The van der Waals surface area contributed by atoms with E-state index in [4.69, 9.17) is 4.98 Å². The minimum absolute atomic E-state index is 0.276. The third-order valence-corrected chi connectivity index (χ3v) is 5.93. The van der Waals surface area contributed by atoms with E-state index in [0.29, 0.717) is 34.5 Å². The van der Waals surface area contributed by atoms with Gasteiger partial charge in [0.2, 0.25) is 0 Å². The molecule has 168 valence electrons. The number of anilines is 1. The quantitative estimate of drug-likeness (QED) is 0.364. The molecule has 0 aliphatic heterocycles. The summed E-state index contributed by atoms with van der Waals surface area (Å²) >= 11 is 3.40. The van der Waals surface area contributed by atoms with Gasteiger partial charge in [0.1, 0.15) is 11.6 Å². The second-order valence-corrected chi connectivity index (χ2v) is 8.50. The molecule has 0 saturated carbocycles. The van der Waals surface area contributed by atoms with Crippen molar-refractivity contribution in [3.05, 3.63) is 99.3 Å². The standard InChI is InChI=1S/C25H22BrFN4O2/c1-3-22(30(2)25(33)28-18-8-6-7-16(26)15-18)23-29-21-10-5-4-9-20(21)24(32)31(23)19-13-11-17(27)12-14-19/h4-15,22H,3H2,1-2H3,(H,28,33). The number of aromatic nitrogens is 2. The maximum atomic E-state index is 13.6. The third-order valence-electron chi connectivity index (χ3n) is 5.43. The van der Waals surface area contributed by atoms with Crippen LogP contribution in [0.3, 0.4) is 0 Å². The fourth-order valence-corrected chi connectivity index (χ4v) is 4.16. The highest BCUT2D eigenvalue weighted by Gasteiger charge is 2.26. The average molecular weight is 509 g/mol. The summed E-state index contributed by atoms with van der Waals surface area (Å²) in [5.74, 6) is -0.000595. The Balaban J connectivity index is 1.81. The van der Waals surface area contributed by atoms with E-state index in [1.165, 1.54) is 33.7 Å². The number of nitrogens with one attached hydrogen (secondary N) is 1. The van der Waals surface area contributed by atoms with Crippen LogP contribution >= 0.6 is 15.9 Å². The van der Waals surface area contributed by atoms with E-state index < -0.39 is 11.9 Å². The van der Waals surface area contributed by atoms with Gasteiger partial charge in [-0.2, -0.15) is 0 Å². The van der Waals surface area contributed by atoms with E-state index >= 15 is 0 Å². The molecule has 0 spiro atoms. The Morgan fingerprint density at radius 1 is 1.12 bits per heavy atom. The number of para-hydroxylation sites is 1. The molecule has 0 saturated heterocycles. The summed E-state index contributed by atoms with van der Waals surface area (Å²) in [6.45, 7) is 1.92. The molecule has 4 aromatic rings. The van der Waals surface area contributed by atoms with Gasteiger partial charge in [0, 0.05) is 17.2 Å². The zero-order valence-electron chi connectivity index (χ0n) is 18.1. The van der Waals surface area contributed by atoms with Crippen molar-refractivity contribution >= 4 is 38.6 Å². The van der Waals surface area contributed by atoms with Crippen molar-refractivity contribution in [1.29, 1.82) is 0 Å². The molecule has 0 bridgehead atoms. The number of urea groups is 1. The first kappa shape index (κ1) is 22.7. The number of benzene rings is 3. The highest BCUT2D eigenvalue weighted by molar-refractivity contribution is 9.10. The minimum atomic E-state index is -0.514. The second kappa shape index (κ2) is 9.54. The van der Waals surface area contributed by atoms with Crippen molar-refractivity contribution in [2.24, 2.45) is 0 Å². The highest BCUT2D eigenvalue weighted by Crippen LogP contribution is 2.26. The largest absolute Gasteiger partial charge is 0.322 e. The van der Waals surface area contributed by atoms with Crippen molar-refractivity contribution in [2.45, 2.75) is 19.4 Å². The van der Waals surface area contributed by atoms with Gasteiger partial charge in [-0.1, -0.05) is 41.1 Å². The first-order valence-electron chi connectivity index (χ1n) is 10.5. The van der Waals surface area contributed by atoms with Crippen LogP contribution in [0.1, 0.15) is 25.2 Å². The van der Waals surface area contributed by atoms with E-state index in [2.05, 4.69) is 21.2 Å². The fourth-order valence-electron chi connectivity index (χ4n) is 3.76. The molecule has 3 aromatic carbocycles. The molecule has 33 heavy (non-hydrogen) atoms. The molecule has 2 amide bonds. The van der Waals surface area contributed by atoms with Crippen molar-refractivity contribution in [3.63, 3.8) is 0 Å². The molecule has 0 aliphatic carbocycles. The molecule has 0 fully saturated rings. The minimum Gasteiger partial charge on any atom is -0.317 e. The van der Waals surface area contributed by atoms with E-state index in [1.54, 1.807) is 37.4 Å². The Kier molecular flexibility index (Phi) is 6.55. The molecule has 0 radical (unpaired) electrons. The van der Waals surface area contributed by atoms with Crippen molar-refractivity contribution in [3.8, 4) is 5.69 Å². The summed E-state index contributed by atoms with van der Waals surface area (Å²) in [5.41, 5.74) is 1.38. The number of carbonyl (C=O) groups is 1. The lowest BCUT2D eigenvalue weighted by Crippen LogP contribution is -2.38. The zero-order valence-corrected chi connectivity index (χ0v) is 19.7. The fraction of sp³-hybridized carbons (Fsp3) is 0.160. The Morgan fingerprint density at radius 2 is 1.85 bits per heavy atom. The van der Waals surface area contributed by atoms with Gasteiger partial charge in [-0.3, -0.25) is 9.36 Å². The normalized spacial score (nSPS) is 11.9. The lowest BCUT2D eigenvalue weighted by molar-refractivity contribution is 0.199. The summed E-state index contributed by atoms with van der Waals surface area (Å²) in [7, 11) is 1.66. The van der Waals surface area contributed by atoms with Gasteiger partial charge in [-0.15, -0.1) is 0 Å². The number of amides is 2. The van der Waals surface area contributed by atoms with Crippen LogP contribution in [0.5, 0.6) is 0 Å². The SMILES string of the molecule is CCC(c1nc2ccccc2c(=O)n1-c1ccc(F)cc1)N(C)C(=O)Nc1cccc(Br)c1. The number of halogens is 2. The lowest BCUT2D eigenvalue weighted by Gasteiger charge is -2.29. The summed E-state index contributed by atoms with van der Waals surface area (Å²) in [6.07, 6.45) is 0.508. The predicted molar refractivity (Wildman–Crippen MR) is 131 cm³/mol. The lowest BCUT2D eigenvalue weighted by atomic mass is 10.1. The monoisotopic (exact) mass is 508 g/mol. The highest BCUT2D eigenvalue weighted by atomic mass is 79.9. The molecule has 1 atom stereocenters. The number of rotatable bonds is 5. The van der Waals surface area contributed by atoms with Crippen LogP contribution in [0.2, 0.25) is 0 Å². The van der Waals surface area contributed by atoms with Crippen LogP contribution in [-0.4, -0.2) is 27.5 Å².